The van der Waals surface area contributed by atoms with E-state index in [9.17, 15) is 4.79 Å². The topological polar surface area (TPSA) is 51.0 Å². The van der Waals surface area contributed by atoms with Crippen molar-refractivity contribution in [2.75, 3.05) is 13.1 Å². The SMILES string of the molecule is O=C(c1ccccc1)N1CCCCC(Cn2cc(C3CC3)nn2)C1. The summed E-state index contributed by atoms with van der Waals surface area (Å²) < 4.78 is 1.98. The van der Waals surface area contributed by atoms with E-state index >= 15 is 0 Å². The molecule has 1 amide bonds. The molecule has 1 saturated heterocycles. The van der Waals surface area contributed by atoms with Gasteiger partial charge in [0.2, 0.25) is 0 Å². The average molecular weight is 324 g/mol. The van der Waals surface area contributed by atoms with Crippen molar-refractivity contribution in [1.82, 2.24) is 19.9 Å². The molecule has 126 valence electrons. The Balaban J connectivity index is 1.42. The minimum Gasteiger partial charge on any atom is -0.338 e. The first-order valence-electron chi connectivity index (χ1n) is 9.04. The second-order valence-corrected chi connectivity index (χ2v) is 7.12. The minimum atomic E-state index is 0.153. The van der Waals surface area contributed by atoms with Crippen LogP contribution in [0.5, 0.6) is 0 Å². The van der Waals surface area contributed by atoms with E-state index in [-0.39, 0.29) is 5.91 Å². The first-order valence-corrected chi connectivity index (χ1v) is 9.04. The van der Waals surface area contributed by atoms with Gasteiger partial charge in [0.15, 0.2) is 0 Å². The predicted molar refractivity (Wildman–Crippen MR) is 91.7 cm³/mol. The Morgan fingerprint density at radius 2 is 1.96 bits per heavy atom. The lowest BCUT2D eigenvalue weighted by atomic mass is 10.0. The molecule has 5 heteroatoms. The van der Waals surface area contributed by atoms with E-state index in [4.69, 9.17) is 0 Å². The summed E-state index contributed by atoms with van der Waals surface area (Å²) in [5.41, 5.74) is 1.93. The van der Waals surface area contributed by atoms with E-state index in [2.05, 4.69) is 16.5 Å². The van der Waals surface area contributed by atoms with Gasteiger partial charge in [-0.25, -0.2) is 0 Å². The van der Waals surface area contributed by atoms with E-state index in [0.717, 1.165) is 43.7 Å². The van der Waals surface area contributed by atoms with Crippen LogP contribution in [-0.2, 0) is 6.54 Å². The van der Waals surface area contributed by atoms with Crippen molar-refractivity contribution in [3.05, 3.63) is 47.8 Å². The third-order valence-corrected chi connectivity index (χ3v) is 5.07. The van der Waals surface area contributed by atoms with Crippen molar-refractivity contribution >= 4 is 5.91 Å². The number of amides is 1. The van der Waals surface area contributed by atoms with Gasteiger partial charge in [-0.1, -0.05) is 29.8 Å². The third kappa shape index (κ3) is 3.50. The van der Waals surface area contributed by atoms with Crippen LogP contribution in [0.15, 0.2) is 36.5 Å². The summed E-state index contributed by atoms with van der Waals surface area (Å²) in [7, 11) is 0. The van der Waals surface area contributed by atoms with E-state index in [1.165, 1.54) is 19.3 Å². The summed E-state index contributed by atoms with van der Waals surface area (Å²) in [6, 6.07) is 9.61. The molecule has 2 aromatic rings. The molecular formula is C19H24N4O. The lowest BCUT2D eigenvalue weighted by Crippen LogP contribution is -2.35. The van der Waals surface area contributed by atoms with Crippen molar-refractivity contribution in [1.29, 1.82) is 0 Å². The summed E-state index contributed by atoms with van der Waals surface area (Å²) >= 11 is 0. The fraction of sp³-hybridized carbons (Fsp3) is 0.526. The molecule has 5 nitrogen and oxygen atoms in total. The predicted octanol–water partition coefficient (Wildman–Crippen LogP) is 3.10. The Bertz CT molecular complexity index is 692. The highest BCUT2D eigenvalue weighted by molar-refractivity contribution is 5.94. The normalized spacial score (nSPS) is 21.5. The largest absolute Gasteiger partial charge is 0.338 e. The molecule has 0 radical (unpaired) electrons. The number of nitrogens with zero attached hydrogens (tertiary/aromatic N) is 4. The summed E-state index contributed by atoms with van der Waals surface area (Å²) in [4.78, 5) is 14.8. The molecule has 0 bridgehead atoms. The molecule has 2 fully saturated rings. The van der Waals surface area contributed by atoms with Crippen LogP contribution in [0.3, 0.4) is 0 Å². The van der Waals surface area contributed by atoms with Gasteiger partial charge in [0.05, 0.1) is 5.69 Å². The van der Waals surface area contributed by atoms with Crippen LogP contribution in [0.25, 0.3) is 0 Å². The van der Waals surface area contributed by atoms with E-state index in [1.54, 1.807) is 0 Å². The van der Waals surface area contributed by atoms with Gasteiger partial charge in [-0.2, -0.15) is 0 Å². The Hall–Kier alpha value is -2.17. The molecule has 2 heterocycles. The summed E-state index contributed by atoms with van der Waals surface area (Å²) in [6.45, 7) is 2.53. The number of hydrogen-bond donors (Lipinski definition) is 0. The van der Waals surface area contributed by atoms with Crippen LogP contribution in [0.4, 0.5) is 0 Å². The van der Waals surface area contributed by atoms with Crippen LogP contribution < -0.4 is 0 Å². The Kier molecular flexibility index (Phi) is 4.32. The zero-order valence-electron chi connectivity index (χ0n) is 14.0. The number of carbonyl (C=O) groups excluding carboxylic acids is 1. The highest BCUT2D eigenvalue weighted by atomic mass is 16.2. The molecule has 24 heavy (non-hydrogen) atoms. The smallest absolute Gasteiger partial charge is 0.253 e. The van der Waals surface area contributed by atoms with Crippen molar-refractivity contribution < 1.29 is 4.79 Å². The van der Waals surface area contributed by atoms with Crippen LogP contribution in [0.2, 0.25) is 0 Å². The molecule has 2 aliphatic rings. The van der Waals surface area contributed by atoms with Crippen LogP contribution in [0, 0.1) is 5.92 Å². The van der Waals surface area contributed by atoms with Crippen LogP contribution >= 0.6 is 0 Å². The highest BCUT2D eigenvalue weighted by Gasteiger charge is 2.27. The lowest BCUT2D eigenvalue weighted by Gasteiger charge is -2.24. The summed E-state index contributed by atoms with van der Waals surface area (Å²) in [5.74, 6) is 1.25. The Labute approximate surface area is 142 Å². The lowest BCUT2D eigenvalue weighted by molar-refractivity contribution is 0.0735. The molecule has 4 rings (SSSR count). The average Bonchev–Trinajstić information content (AvgIpc) is 3.40. The standard InChI is InChI=1S/C19H24N4O/c24-19(17-7-2-1-3-8-17)22-11-5-4-6-15(12-22)13-23-14-18(20-21-23)16-9-10-16/h1-3,7-8,14-16H,4-6,9-13H2. The third-order valence-electron chi connectivity index (χ3n) is 5.07. The van der Waals surface area contributed by atoms with Gasteiger partial charge in [-0.3, -0.25) is 9.48 Å². The molecule has 1 atom stereocenters. The quantitative estimate of drug-likeness (QED) is 0.868. The maximum atomic E-state index is 12.7. The maximum absolute atomic E-state index is 12.7. The van der Waals surface area contributed by atoms with Crippen molar-refractivity contribution in [2.24, 2.45) is 5.92 Å². The fourth-order valence-corrected chi connectivity index (χ4v) is 3.56. The van der Waals surface area contributed by atoms with Gasteiger partial charge in [0.1, 0.15) is 0 Å². The molecule has 1 aromatic carbocycles. The number of likely N-dealkylation sites (tertiary alicyclic amines) is 1. The monoisotopic (exact) mass is 324 g/mol. The van der Waals surface area contributed by atoms with Gasteiger partial charge in [0, 0.05) is 37.3 Å². The molecule has 0 N–H and O–H groups in total. The van der Waals surface area contributed by atoms with Crippen molar-refractivity contribution in [3.63, 3.8) is 0 Å². The first kappa shape index (κ1) is 15.4. The first-order chi connectivity index (χ1) is 11.8. The fourth-order valence-electron chi connectivity index (χ4n) is 3.56. The highest BCUT2D eigenvalue weighted by Crippen LogP contribution is 2.38. The van der Waals surface area contributed by atoms with Gasteiger partial charge in [-0.15, -0.1) is 5.10 Å². The molecule has 1 unspecified atom stereocenters. The summed E-state index contributed by atoms with van der Waals surface area (Å²) in [6.07, 6.45) is 8.01. The Morgan fingerprint density at radius 3 is 2.75 bits per heavy atom. The second-order valence-electron chi connectivity index (χ2n) is 7.12. The molecule has 1 aliphatic carbocycles. The van der Waals surface area contributed by atoms with Crippen molar-refractivity contribution in [3.8, 4) is 0 Å². The number of carbonyl (C=O) groups is 1. The molecule has 1 saturated carbocycles. The van der Waals surface area contributed by atoms with Crippen LogP contribution in [-0.4, -0.2) is 38.9 Å². The Morgan fingerprint density at radius 1 is 1.12 bits per heavy atom. The van der Waals surface area contributed by atoms with Crippen LogP contribution in [0.1, 0.15) is 54.1 Å². The van der Waals surface area contributed by atoms with Gasteiger partial charge >= 0.3 is 0 Å². The second kappa shape index (κ2) is 6.75. The van der Waals surface area contributed by atoms with Gasteiger partial charge < -0.3 is 4.90 Å². The molecule has 1 aliphatic heterocycles. The molecule has 1 aromatic heterocycles. The van der Waals surface area contributed by atoms with E-state index < -0.39 is 0 Å². The van der Waals surface area contributed by atoms with Crippen molar-refractivity contribution in [2.45, 2.75) is 44.6 Å². The number of aromatic nitrogens is 3. The zero-order valence-corrected chi connectivity index (χ0v) is 14.0. The van der Waals surface area contributed by atoms with Gasteiger partial charge in [0.25, 0.3) is 5.91 Å². The van der Waals surface area contributed by atoms with Gasteiger partial charge in [-0.05, 0) is 43.7 Å². The van der Waals surface area contributed by atoms with E-state index in [1.807, 2.05) is 39.9 Å². The molecule has 0 spiro atoms. The minimum absolute atomic E-state index is 0.153. The number of rotatable bonds is 4. The zero-order chi connectivity index (χ0) is 16.4. The summed E-state index contributed by atoms with van der Waals surface area (Å²) in [5, 5.41) is 8.59. The van der Waals surface area contributed by atoms with E-state index in [0.29, 0.717) is 11.8 Å². The molecular weight excluding hydrogens is 300 g/mol. The maximum Gasteiger partial charge on any atom is 0.253 e. The number of benzene rings is 1. The number of hydrogen-bond acceptors (Lipinski definition) is 3.